The molecule has 5 aliphatic heterocycles. The molecule has 5 saturated heterocycles. The minimum absolute atomic E-state index is 0.0106. The molecule has 0 aromatic rings. The summed E-state index contributed by atoms with van der Waals surface area (Å²) in [5, 5.41) is 55.0. The molecule has 0 aromatic carbocycles. The molecule has 5 rings (SSSR count). The van der Waals surface area contributed by atoms with E-state index in [1.54, 1.807) is 13.8 Å². The molecule has 5 N–H and O–H groups in total. The van der Waals surface area contributed by atoms with Gasteiger partial charge in [-0.2, -0.15) is 0 Å². The van der Waals surface area contributed by atoms with Crippen LogP contribution in [-0.4, -0.2) is 109 Å². The highest BCUT2D eigenvalue weighted by Crippen LogP contribution is 2.56. The SMILES string of the molecule is CC[C@@H](C(=O)[C@@H](C)[C@@H](O)[C@H](C)[C@@H]1O[C@@H]([C@@H](CC)C(=O)O)CC(O)[C@@H]1C)[C@H]1O[C@]2(CC[C@@H](O)[C@]3(CC[C@@](C)([C@H]4CC[C@](O)(CC)[C@H](C)O4)O3)O2)[C@H](C)C[C@@H]1C. The molecule has 312 valence electrons. The molecule has 0 bridgehead atoms. The summed E-state index contributed by atoms with van der Waals surface area (Å²) in [5.74, 6) is -6.56. The number of carbonyl (C=O) groups is 2. The molecule has 1 unspecified atom stereocenters. The molecule has 19 atom stereocenters. The van der Waals surface area contributed by atoms with Gasteiger partial charge < -0.3 is 49.2 Å². The van der Waals surface area contributed by atoms with Crippen molar-refractivity contribution in [2.75, 3.05) is 0 Å². The molecule has 54 heavy (non-hydrogen) atoms. The Hall–Kier alpha value is -1.22. The van der Waals surface area contributed by atoms with Gasteiger partial charge in [-0.05, 0) is 71.1 Å². The Kier molecular flexibility index (Phi) is 13.5. The van der Waals surface area contributed by atoms with Crippen molar-refractivity contribution < 1.29 is 58.8 Å². The lowest BCUT2D eigenvalue weighted by molar-refractivity contribution is -0.442. The van der Waals surface area contributed by atoms with Crippen LogP contribution in [0, 0.1) is 41.4 Å². The van der Waals surface area contributed by atoms with E-state index in [9.17, 15) is 35.1 Å². The van der Waals surface area contributed by atoms with Crippen molar-refractivity contribution >= 4 is 11.8 Å². The van der Waals surface area contributed by atoms with Gasteiger partial charge in [0.15, 0.2) is 11.6 Å². The maximum Gasteiger partial charge on any atom is 0.309 e. The quantitative estimate of drug-likeness (QED) is 0.171. The minimum atomic E-state index is -1.31. The summed E-state index contributed by atoms with van der Waals surface area (Å²) >= 11 is 0. The molecule has 0 aliphatic carbocycles. The standard InChI is InChI=1S/C42H72O12/c1-11-28(38(47)48)31-21-30(43)24(6)37(51-31)26(8)34(45)25(7)35(46)29(12-2)36-22(4)20-23(5)41(52-36)17-14-32(44)42(54-41)19-18-39(10,53-42)33-15-16-40(49,13-3)27(9)50-33/h22-34,36-37,43-45,49H,11-21H2,1-10H3,(H,47,48)/t22-,23+,24-,25-,26-,27-,28+,29-,30?,31+,32+,33+,34+,36-,37+,39-,40+,41-,42-/m0/s1. The summed E-state index contributed by atoms with van der Waals surface area (Å²) in [7, 11) is 0. The molecule has 12 nitrogen and oxygen atoms in total. The van der Waals surface area contributed by atoms with Gasteiger partial charge in [-0.3, -0.25) is 9.59 Å². The maximum absolute atomic E-state index is 14.5. The fourth-order valence-corrected chi connectivity index (χ4v) is 10.9. The molecular weight excluding hydrogens is 696 g/mol. The molecule has 5 heterocycles. The smallest absolute Gasteiger partial charge is 0.309 e. The Morgan fingerprint density at radius 2 is 1.50 bits per heavy atom. The highest BCUT2D eigenvalue weighted by atomic mass is 16.8. The Morgan fingerprint density at radius 1 is 0.833 bits per heavy atom. The fraction of sp³-hybridized carbons (Fsp3) is 0.952. The van der Waals surface area contributed by atoms with Crippen LogP contribution in [0.4, 0.5) is 0 Å². The molecule has 0 aromatic heterocycles. The summed E-state index contributed by atoms with van der Waals surface area (Å²) in [6, 6.07) is 0. The van der Waals surface area contributed by atoms with Gasteiger partial charge in [0, 0.05) is 48.9 Å². The van der Waals surface area contributed by atoms with Crippen LogP contribution in [0.1, 0.15) is 140 Å². The van der Waals surface area contributed by atoms with Crippen LogP contribution in [0.15, 0.2) is 0 Å². The summed E-state index contributed by atoms with van der Waals surface area (Å²) < 4.78 is 33.6. The van der Waals surface area contributed by atoms with E-state index in [4.69, 9.17) is 23.7 Å². The first-order valence-electron chi connectivity index (χ1n) is 21.1. The predicted octanol–water partition coefficient (Wildman–Crippen LogP) is 5.38. The zero-order valence-electron chi connectivity index (χ0n) is 34.5. The second-order valence-corrected chi connectivity index (χ2v) is 18.4. The second-order valence-electron chi connectivity index (χ2n) is 18.4. The van der Waals surface area contributed by atoms with Crippen molar-refractivity contribution in [2.24, 2.45) is 41.4 Å². The summed E-state index contributed by atoms with van der Waals surface area (Å²) in [6.07, 6.45) is 0.288. The van der Waals surface area contributed by atoms with Crippen molar-refractivity contribution in [3.8, 4) is 0 Å². The molecule has 0 amide bonds. The van der Waals surface area contributed by atoms with Crippen LogP contribution >= 0.6 is 0 Å². The molecule has 12 heteroatoms. The van der Waals surface area contributed by atoms with Gasteiger partial charge in [0.05, 0.1) is 59.8 Å². The lowest BCUT2D eigenvalue weighted by Gasteiger charge is -2.56. The summed E-state index contributed by atoms with van der Waals surface area (Å²) in [5.41, 5.74) is -1.61. The zero-order chi connectivity index (χ0) is 40.1. The maximum atomic E-state index is 14.5. The number of aliphatic hydroxyl groups excluding tert-OH is 3. The van der Waals surface area contributed by atoms with Gasteiger partial charge in [0.2, 0.25) is 0 Å². The lowest BCUT2D eigenvalue weighted by atomic mass is 9.71. The van der Waals surface area contributed by atoms with E-state index in [0.29, 0.717) is 57.8 Å². The van der Waals surface area contributed by atoms with Crippen LogP contribution in [-0.2, 0) is 33.3 Å². The topological polar surface area (TPSA) is 181 Å². The van der Waals surface area contributed by atoms with Gasteiger partial charge in [0.1, 0.15) is 11.9 Å². The number of aliphatic carboxylic acids is 1. The number of hydrogen-bond donors (Lipinski definition) is 5. The average molecular weight is 769 g/mol. The largest absolute Gasteiger partial charge is 0.481 e. The van der Waals surface area contributed by atoms with Crippen molar-refractivity contribution in [2.45, 2.75) is 211 Å². The number of aliphatic hydroxyl groups is 4. The molecule has 0 radical (unpaired) electrons. The highest BCUT2D eigenvalue weighted by molar-refractivity contribution is 5.84. The monoisotopic (exact) mass is 769 g/mol. The first-order valence-corrected chi connectivity index (χ1v) is 21.1. The van der Waals surface area contributed by atoms with Gasteiger partial charge in [-0.15, -0.1) is 0 Å². The molecular formula is C42H72O12. The van der Waals surface area contributed by atoms with Gasteiger partial charge in [-0.1, -0.05) is 55.4 Å². The van der Waals surface area contributed by atoms with Crippen molar-refractivity contribution in [3.05, 3.63) is 0 Å². The average Bonchev–Trinajstić information content (AvgIpc) is 3.47. The third-order valence-corrected chi connectivity index (χ3v) is 15.0. The first kappa shape index (κ1) is 43.9. The molecule has 5 aliphatic rings. The van der Waals surface area contributed by atoms with E-state index in [-0.39, 0.29) is 42.2 Å². The number of hydrogen-bond acceptors (Lipinski definition) is 11. The number of ketones is 1. The third-order valence-electron chi connectivity index (χ3n) is 15.0. The Morgan fingerprint density at radius 3 is 2.09 bits per heavy atom. The number of carboxylic acid groups (broad SMARTS) is 1. The fourth-order valence-electron chi connectivity index (χ4n) is 10.9. The normalized spacial score (nSPS) is 47.2. The van der Waals surface area contributed by atoms with E-state index in [1.165, 1.54) is 0 Å². The number of Topliss-reactive ketones (excluding diaryl/α,β-unsaturated/α-hetero) is 1. The van der Waals surface area contributed by atoms with Gasteiger partial charge in [-0.25, -0.2) is 0 Å². The number of rotatable bonds is 12. The molecule has 2 spiro atoms. The van der Waals surface area contributed by atoms with E-state index < -0.39 is 89.0 Å². The van der Waals surface area contributed by atoms with Crippen LogP contribution in [0.25, 0.3) is 0 Å². The van der Waals surface area contributed by atoms with Gasteiger partial charge in [0.25, 0.3) is 0 Å². The van der Waals surface area contributed by atoms with Gasteiger partial charge >= 0.3 is 5.97 Å². The van der Waals surface area contributed by atoms with Crippen LogP contribution in [0.2, 0.25) is 0 Å². The van der Waals surface area contributed by atoms with E-state index in [1.807, 2.05) is 41.5 Å². The van der Waals surface area contributed by atoms with Crippen molar-refractivity contribution in [3.63, 3.8) is 0 Å². The number of carbonyl (C=O) groups excluding carboxylic acids is 1. The summed E-state index contributed by atoms with van der Waals surface area (Å²) in [4.78, 5) is 26.4. The number of carboxylic acids is 1. The zero-order valence-corrected chi connectivity index (χ0v) is 34.5. The summed E-state index contributed by atoms with van der Waals surface area (Å²) in [6.45, 7) is 19.2. The van der Waals surface area contributed by atoms with E-state index >= 15 is 0 Å². The van der Waals surface area contributed by atoms with Crippen LogP contribution < -0.4 is 0 Å². The minimum Gasteiger partial charge on any atom is -0.481 e. The Balaban J connectivity index is 1.31. The lowest BCUT2D eigenvalue weighted by Crippen LogP contribution is -2.65. The Bertz CT molecular complexity index is 1310. The second kappa shape index (κ2) is 16.6. The van der Waals surface area contributed by atoms with Crippen molar-refractivity contribution in [1.29, 1.82) is 0 Å². The number of ether oxygens (including phenoxy) is 5. The van der Waals surface area contributed by atoms with Crippen LogP contribution in [0.5, 0.6) is 0 Å². The molecule has 0 saturated carbocycles. The van der Waals surface area contributed by atoms with E-state index in [2.05, 4.69) is 13.8 Å². The third kappa shape index (κ3) is 7.95. The van der Waals surface area contributed by atoms with E-state index in [0.717, 1.165) is 6.42 Å². The first-order chi connectivity index (χ1) is 25.2. The van der Waals surface area contributed by atoms with Crippen molar-refractivity contribution in [1.82, 2.24) is 0 Å². The van der Waals surface area contributed by atoms with Crippen LogP contribution in [0.3, 0.4) is 0 Å². The highest BCUT2D eigenvalue weighted by Gasteiger charge is 2.64. The Labute approximate surface area is 323 Å². The predicted molar refractivity (Wildman–Crippen MR) is 200 cm³/mol. The molecule has 5 fully saturated rings.